The molecule has 0 spiro atoms. The average molecular weight is 680 g/mol. The van der Waals surface area contributed by atoms with Gasteiger partial charge in [0.1, 0.15) is 0 Å². The maximum atomic E-state index is 2.42. The summed E-state index contributed by atoms with van der Waals surface area (Å²) in [5, 5.41) is 7.59. The minimum Gasteiger partial charge on any atom is -0.310 e. The lowest BCUT2D eigenvalue weighted by molar-refractivity contribution is 1.30. The van der Waals surface area contributed by atoms with Gasteiger partial charge in [0, 0.05) is 36.9 Å². The molecule has 0 unspecified atom stereocenters. The van der Waals surface area contributed by atoms with Crippen molar-refractivity contribution in [1.82, 2.24) is 0 Å². The minimum atomic E-state index is 1.12. The van der Waals surface area contributed by atoms with Gasteiger partial charge in [-0.1, -0.05) is 158 Å². The summed E-state index contributed by atoms with van der Waals surface area (Å²) in [6.07, 6.45) is 0. The molecule has 10 rings (SSSR count). The highest BCUT2D eigenvalue weighted by molar-refractivity contribution is 7.26. The molecule has 0 N–H and O–H groups in total. The second-order valence-electron chi connectivity index (χ2n) is 13.3. The highest BCUT2D eigenvalue weighted by atomic mass is 32.1. The van der Waals surface area contributed by atoms with Gasteiger partial charge in [-0.25, -0.2) is 0 Å². The van der Waals surface area contributed by atoms with E-state index in [1.165, 1.54) is 75.1 Å². The van der Waals surface area contributed by atoms with E-state index in [0.717, 1.165) is 17.1 Å². The second kappa shape index (κ2) is 12.7. The summed E-state index contributed by atoms with van der Waals surface area (Å²) in [7, 11) is 0. The van der Waals surface area contributed by atoms with Crippen molar-refractivity contribution in [1.29, 1.82) is 0 Å². The van der Waals surface area contributed by atoms with Gasteiger partial charge in [0.05, 0.1) is 5.69 Å². The van der Waals surface area contributed by atoms with Gasteiger partial charge < -0.3 is 4.90 Å². The largest absolute Gasteiger partial charge is 0.310 e. The molecule has 0 saturated heterocycles. The number of anilines is 3. The Hall–Kier alpha value is -6.48. The average Bonchev–Trinajstić information content (AvgIpc) is 3.60. The number of rotatable bonds is 6. The third kappa shape index (κ3) is 5.24. The Balaban J connectivity index is 1.10. The molecule has 0 saturated carbocycles. The standard InChI is InChI=1S/C50H33NS/c1-3-11-34(12-4-1)36-23-28-41(29-24-36)51(47-20-9-16-39-22-21-37-15-7-8-17-43(37)49(39)47)42-30-25-38(26-31-42)44-18-10-19-45-46-33-40(35-13-5-2-6-14-35)27-32-48(46)52-50(44)45/h1-33H. The highest BCUT2D eigenvalue weighted by Crippen LogP contribution is 2.44. The van der Waals surface area contributed by atoms with Crippen LogP contribution in [-0.4, -0.2) is 0 Å². The fourth-order valence-corrected chi connectivity index (χ4v) is 8.93. The van der Waals surface area contributed by atoms with Crippen LogP contribution in [0.3, 0.4) is 0 Å². The van der Waals surface area contributed by atoms with Crippen molar-refractivity contribution in [3.8, 4) is 33.4 Å². The summed E-state index contributed by atoms with van der Waals surface area (Å²) < 4.78 is 2.64. The van der Waals surface area contributed by atoms with Crippen LogP contribution in [0.4, 0.5) is 17.1 Å². The SMILES string of the molecule is c1ccc(-c2ccc(N(c3ccc(-c4cccc5c4sc4ccc(-c6ccccc6)cc45)cc3)c3cccc4ccc5ccccc5c34)cc2)cc1. The van der Waals surface area contributed by atoms with Crippen LogP contribution in [-0.2, 0) is 0 Å². The maximum Gasteiger partial charge on any atom is 0.0546 e. The van der Waals surface area contributed by atoms with Crippen molar-refractivity contribution in [2.75, 3.05) is 4.90 Å². The van der Waals surface area contributed by atoms with E-state index < -0.39 is 0 Å². The van der Waals surface area contributed by atoms with E-state index in [-0.39, 0.29) is 0 Å². The van der Waals surface area contributed by atoms with E-state index in [4.69, 9.17) is 0 Å². The second-order valence-corrected chi connectivity index (χ2v) is 14.4. The molecule has 1 aromatic heterocycles. The summed E-state index contributed by atoms with van der Waals surface area (Å²) in [5.74, 6) is 0. The molecule has 1 nitrogen and oxygen atoms in total. The third-order valence-electron chi connectivity index (χ3n) is 10.3. The van der Waals surface area contributed by atoms with Crippen LogP contribution >= 0.6 is 11.3 Å². The summed E-state index contributed by atoms with van der Waals surface area (Å²) >= 11 is 1.88. The first-order valence-corrected chi connectivity index (χ1v) is 18.6. The molecule has 0 fully saturated rings. The summed E-state index contributed by atoms with van der Waals surface area (Å²) in [6, 6.07) is 72.8. The van der Waals surface area contributed by atoms with Crippen molar-refractivity contribution >= 4 is 70.1 Å². The number of hydrogen-bond acceptors (Lipinski definition) is 2. The molecule has 2 heteroatoms. The van der Waals surface area contributed by atoms with Crippen molar-refractivity contribution < 1.29 is 0 Å². The van der Waals surface area contributed by atoms with Crippen LogP contribution in [0.25, 0.3) is 75.1 Å². The van der Waals surface area contributed by atoms with Crippen molar-refractivity contribution in [3.63, 3.8) is 0 Å². The van der Waals surface area contributed by atoms with E-state index in [0.29, 0.717) is 0 Å². The Kier molecular flexibility index (Phi) is 7.41. The first-order valence-electron chi connectivity index (χ1n) is 17.8. The number of nitrogens with zero attached hydrogens (tertiary/aromatic N) is 1. The predicted molar refractivity (Wildman–Crippen MR) is 225 cm³/mol. The molecule has 52 heavy (non-hydrogen) atoms. The first-order chi connectivity index (χ1) is 25.8. The molecular formula is C50H33NS. The summed E-state index contributed by atoms with van der Waals surface area (Å²) in [6.45, 7) is 0. The van der Waals surface area contributed by atoms with Crippen LogP contribution in [0, 0.1) is 0 Å². The molecule has 0 aliphatic rings. The van der Waals surface area contributed by atoms with Gasteiger partial charge in [0.2, 0.25) is 0 Å². The van der Waals surface area contributed by atoms with Gasteiger partial charge in [-0.05, 0) is 92.0 Å². The van der Waals surface area contributed by atoms with Gasteiger partial charge in [0.15, 0.2) is 0 Å². The van der Waals surface area contributed by atoms with Gasteiger partial charge in [-0.3, -0.25) is 0 Å². The fraction of sp³-hybridized carbons (Fsp3) is 0. The molecule has 0 aliphatic carbocycles. The highest BCUT2D eigenvalue weighted by Gasteiger charge is 2.18. The molecule has 0 aliphatic heterocycles. The Morgan fingerprint density at radius 1 is 0.346 bits per heavy atom. The van der Waals surface area contributed by atoms with Gasteiger partial charge >= 0.3 is 0 Å². The maximum absolute atomic E-state index is 2.42. The number of thiophene rings is 1. The lowest BCUT2D eigenvalue weighted by atomic mass is 9.98. The molecule has 0 amide bonds. The quantitative estimate of drug-likeness (QED) is 0.158. The Morgan fingerprint density at radius 2 is 0.904 bits per heavy atom. The Morgan fingerprint density at radius 3 is 1.65 bits per heavy atom. The third-order valence-corrected chi connectivity index (χ3v) is 11.5. The van der Waals surface area contributed by atoms with Gasteiger partial charge in [-0.15, -0.1) is 11.3 Å². The molecular weight excluding hydrogens is 647 g/mol. The van der Waals surface area contributed by atoms with Crippen molar-refractivity contribution in [2.45, 2.75) is 0 Å². The molecule has 10 aromatic rings. The van der Waals surface area contributed by atoms with E-state index in [9.17, 15) is 0 Å². The molecule has 1 heterocycles. The zero-order valence-corrected chi connectivity index (χ0v) is 29.2. The minimum absolute atomic E-state index is 1.12. The zero-order chi connectivity index (χ0) is 34.4. The molecule has 0 radical (unpaired) electrons. The lowest BCUT2D eigenvalue weighted by Crippen LogP contribution is -2.10. The number of fused-ring (bicyclic) bond motifs is 6. The summed E-state index contributed by atoms with van der Waals surface area (Å²) in [5.41, 5.74) is 10.8. The number of benzene rings is 9. The fourth-order valence-electron chi connectivity index (χ4n) is 7.71. The molecule has 9 aromatic carbocycles. The van der Waals surface area contributed by atoms with Crippen LogP contribution in [0.5, 0.6) is 0 Å². The molecule has 244 valence electrons. The van der Waals surface area contributed by atoms with E-state index in [1.54, 1.807) is 0 Å². The molecule has 0 atom stereocenters. The first kappa shape index (κ1) is 30.4. The Bertz CT molecular complexity index is 2870. The zero-order valence-electron chi connectivity index (χ0n) is 28.4. The van der Waals surface area contributed by atoms with E-state index >= 15 is 0 Å². The van der Waals surface area contributed by atoms with Crippen LogP contribution in [0.2, 0.25) is 0 Å². The lowest BCUT2D eigenvalue weighted by Gasteiger charge is -2.28. The smallest absolute Gasteiger partial charge is 0.0546 e. The van der Waals surface area contributed by atoms with Crippen LogP contribution in [0.1, 0.15) is 0 Å². The monoisotopic (exact) mass is 679 g/mol. The van der Waals surface area contributed by atoms with E-state index in [1.807, 2.05) is 11.3 Å². The topological polar surface area (TPSA) is 3.24 Å². The number of hydrogen-bond donors (Lipinski definition) is 0. The summed E-state index contributed by atoms with van der Waals surface area (Å²) in [4.78, 5) is 2.42. The van der Waals surface area contributed by atoms with Crippen molar-refractivity contribution in [2.24, 2.45) is 0 Å². The van der Waals surface area contributed by atoms with Gasteiger partial charge in [0.25, 0.3) is 0 Å². The Labute approximate surface area is 307 Å². The van der Waals surface area contributed by atoms with Crippen molar-refractivity contribution in [3.05, 3.63) is 200 Å². The van der Waals surface area contributed by atoms with Gasteiger partial charge in [-0.2, -0.15) is 0 Å². The van der Waals surface area contributed by atoms with Crippen LogP contribution < -0.4 is 4.90 Å². The van der Waals surface area contributed by atoms with Crippen LogP contribution in [0.15, 0.2) is 200 Å². The molecule has 0 bridgehead atoms. The van der Waals surface area contributed by atoms with E-state index in [2.05, 4.69) is 205 Å². The predicted octanol–water partition coefficient (Wildman–Crippen LogP) is 14.8. The normalized spacial score (nSPS) is 11.5.